The van der Waals surface area contributed by atoms with Crippen molar-refractivity contribution in [1.82, 2.24) is 0 Å². The molecule has 0 radical (unpaired) electrons. The monoisotopic (exact) mass is 319 g/mol. The number of benzene rings is 1. The van der Waals surface area contributed by atoms with Gasteiger partial charge in [0.1, 0.15) is 0 Å². The number of hydrogen-bond acceptors (Lipinski definition) is 3. The van der Waals surface area contributed by atoms with E-state index in [4.69, 9.17) is 22.1 Å². The van der Waals surface area contributed by atoms with Gasteiger partial charge in [0.15, 0.2) is 0 Å². The Morgan fingerprint density at radius 2 is 2.35 bits per heavy atom. The average Bonchev–Trinajstić information content (AvgIpc) is 2.78. The summed E-state index contributed by atoms with van der Waals surface area (Å²) in [5, 5.41) is 11.1. The van der Waals surface area contributed by atoms with Gasteiger partial charge in [-0.1, -0.05) is 33.6 Å². The smallest absolute Gasteiger partial charge is 0.0892 e. The summed E-state index contributed by atoms with van der Waals surface area (Å²) in [4.78, 5) is 0. The lowest BCUT2D eigenvalue weighted by atomic mass is 9.78. The van der Waals surface area contributed by atoms with Crippen LogP contribution >= 0.6 is 27.5 Å². The van der Waals surface area contributed by atoms with Gasteiger partial charge in [0.05, 0.1) is 12.7 Å². The summed E-state index contributed by atoms with van der Waals surface area (Å²) in [5.74, 6) is 0. The molecule has 17 heavy (non-hydrogen) atoms. The molecule has 0 aromatic heterocycles. The van der Waals surface area contributed by atoms with E-state index >= 15 is 0 Å². The van der Waals surface area contributed by atoms with E-state index in [0.29, 0.717) is 24.8 Å². The molecule has 0 spiro atoms. The molecule has 2 atom stereocenters. The van der Waals surface area contributed by atoms with E-state index in [9.17, 15) is 5.11 Å². The predicted octanol–water partition coefficient (Wildman–Crippen LogP) is 2.50. The van der Waals surface area contributed by atoms with Gasteiger partial charge < -0.3 is 15.6 Å². The molecule has 2 unspecified atom stereocenters. The average molecular weight is 321 g/mol. The largest absolute Gasteiger partial charge is 0.388 e. The molecule has 1 aliphatic heterocycles. The minimum Gasteiger partial charge on any atom is -0.388 e. The lowest BCUT2D eigenvalue weighted by molar-refractivity contribution is 0.0186. The molecule has 0 saturated carbocycles. The topological polar surface area (TPSA) is 55.5 Å². The lowest BCUT2D eigenvalue weighted by Crippen LogP contribution is -2.37. The quantitative estimate of drug-likeness (QED) is 0.900. The van der Waals surface area contributed by atoms with E-state index in [2.05, 4.69) is 15.9 Å². The molecule has 3 N–H and O–H groups in total. The molecule has 1 fully saturated rings. The van der Waals surface area contributed by atoms with Crippen molar-refractivity contribution in [1.29, 1.82) is 0 Å². The fourth-order valence-electron chi connectivity index (χ4n) is 2.16. The van der Waals surface area contributed by atoms with Gasteiger partial charge in [0.2, 0.25) is 0 Å². The van der Waals surface area contributed by atoms with Gasteiger partial charge >= 0.3 is 0 Å². The standard InChI is InChI=1S/C12H15BrClNO2/c13-10-5-8(14)1-2-9(10)11(16)12(6-15)3-4-17-7-12/h1-2,5,11,16H,3-4,6-7,15H2. The first kappa shape index (κ1) is 13.3. The number of rotatable bonds is 3. The SMILES string of the molecule is NCC1(C(O)c2ccc(Cl)cc2Br)CCOC1. The maximum Gasteiger partial charge on any atom is 0.0892 e. The molecule has 0 bridgehead atoms. The highest BCUT2D eigenvalue weighted by molar-refractivity contribution is 9.10. The zero-order valence-corrected chi connectivity index (χ0v) is 11.7. The van der Waals surface area contributed by atoms with Gasteiger partial charge in [-0.3, -0.25) is 0 Å². The number of aliphatic hydroxyl groups is 1. The molecular weight excluding hydrogens is 305 g/mol. The van der Waals surface area contributed by atoms with Crippen LogP contribution in [0.15, 0.2) is 22.7 Å². The zero-order valence-electron chi connectivity index (χ0n) is 9.33. The van der Waals surface area contributed by atoms with Crippen molar-refractivity contribution < 1.29 is 9.84 Å². The highest BCUT2D eigenvalue weighted by atomic mass is 79.9. The predicted molar refractivity (Wildman–Crippen MR) is 71.0 cm³/mol. The van der Waals surface area contributed by atoms with Gasteiger partial charge in [-0.25, -0.2) is 0 Å². The van der Waals surface area contributed by atoms with Crippen LogP contribution in [0.5, 0.6) is 0 Å². The Morgan fingerprint density at radius 1 is 1.59 bits per heavy atom. The van der Waals surface area contributed by atoms with E-state index < -0.39 is 6.10 Å². The molecule has 0 aliphatic carbocycles. The minimum absolute atomic E-state index is 0.379. The summed E-state index contributed by atoms with van der Waals surface area (Å²) in [6, 6.07) is 5.37. The Balaban J connectivity index is 2.32. The number of aliphatic hydroxyl groups excluding tert-OH is 1. The molecule has 1 saturated heterocycles. The fraction of sp³-hybridized carbons (Fsp3) is 0.500. The van der Waals surface area contributed by atoms with Crippen LogP contribution in [-0.2, 0) is 4.74 Å². The van der Waals surface area contributed by atoms with Crippen LogP contribution in [0.25, 0.3) is 0 Å². The highest BCUT2D eigenvalue weighted by Gasteiger charge is 2.41. The van der Waals surface area contributed by atoms with Crippen molar-refractivity contribution in [3.05, 3.63) is 33.3 Å². The molecule has 1 heterocycles. The molecule has 5 heteroatoms. The van der Waals surface area contributed by atoms with Crippen molar-refractivity contribution in [2.45, 2.75) is 12.5 Å². The Bertz CT molecular complexity index is 407. The number of nitrogens with two attached hydrogens (primary N) is 1. The lowest BCUT2D eigenvalue weighted by Gasteiger charge is -2.32. The summed E-state index contributed by atoms with van der Waals surface area (Å²) in [5.41, 5.74) is 6.24. The summed E-state index contributed by atoms with van der Waals surface area (Å²) in [6.45, 7) is 1.56. The molecule has 1 aliphatic rings. The number of halogens is 2. The summed E-state index contributed by atoms with van der Waals surface area (Å²) in [7, 11) is 0. The fourth-order valence-corrected chi connectivity index (χ4v) is 3.06. The van der Waals surface area contributed by atoms with Gasteiger partial charge in [-0.05, 0) is 24.1 Å². The molecule has 2 rings (SSSR count). The third kappa shape index (κ3) is 2.51. The molecule has 1 aromatic carbocycles. The number of ether oxygens (including phenoxy) is 1. The van der Waals surface area contributed by atoms with E-state index in [-0.39, 0.29) is 5.41 Å². The summed E-state index contributed by atoms with van der Waals surface area (Å²) in [6.07, 6.45) is 0.140. The molecular formula is C12H15BrClNO2. The van der Waals surface area contributed by atoms with E-state index in [0.717, 1.165) is 16.5 Å². The van der Waals surface area contributed by atoms with Crippen LogP contribution in [0.3, 0.4) is 0 Å². The zero-order chi connectivity index (χ0) is 12.5. The maximum atomic E-state index is 10.5. The second kappa shape index (κ2) is 5.24. The minimum atomic E-state index is -0.637. The van der Waals surface area contributed by atoms with Gasteiger partial charge in [0, 0.05) is 28.1 Å². The van der Waals surface area contributed by atoms with Crippen LogP contribution in [0.1, 0.15) is 18.1 Å². The molecule has 1 aromatic rings. The van der Waals surface area contributed by atoms with E-state index in [1.807, 2.05) is 6.07 Å². The van der Waals surface area contributed by atoms with Crippen molar-refractivity contribution in [3.8, 4) is 0 Å². The van der Waals surface area contributed by atoms with Crippen LogP contribution in [0.2, 0.25) is 5.02 Å². The van der Waals surface area contributed by atoms with Crippen LogP contribution in [0, 0.1) is 5.41 Å². The normalized spacial score (nSPS) is 26.1. The molecule has 94 valence electrons. The van der Waals surface area contributed by atoms with Crippen molar-refractivity contribution in [2.75, 3.05) is 19.8 Å². The van der Waals surface area contributed by atoms with Gasteiger partial charge in [-0.15, -0.1) is 0 Å². The van der Waals surface area contributed by atoms with Gasteiger partial charge in [-0.2, -0.15) is 0 Å². The Morgan fingerprint density at radius 3 is 2.88 bits per heavy atom. The van der Waals surface area contributed by atoms with Crippen molar-refractivity contribution in [3.63, 3.8) is 0 Å². The Hall–Kier alpha value is -0.130. The third-order valence-electron chi connectivity index (χ3n) is 3.38. The molecule has 3 nitrogen and oxygen atoms in total. The third-order valence-corrected chi connectivity index (χ3v) is 4.30. The van der Waals surface area contributed by atoms with Crippen LogP contribution < -0.4 is 5.73 Å². The maximum absolute atomic E-state index is 10.5. The second-order valence-corrected chi connectivity index (χ2v) is 5.73. The first-order valence-electron chi connectivity index (χ1n) is 5.50. The Labute approximate surface area is 114 Å². The van der Waals surface area contributed by atoms with Crippen LogP contribution in [0.4, 0.5) is 0 Å². The van der Waals surface area contributed by atoms with Crippen molar-refractivity contribution in [2.24, 2.45) is 11.1 Å². The second-order valence-electron chi connectivity index (χ2n) is 4.44. The first-order chi connectivity index (χ1) is 8.09. The number of hydrogen-bond donors (Lipinski definition) is 2. The van der Waals surface area contributed by atoms with Crippen molar-refractivity contribution >= 4 is 27.5 Å². The summed E-state index contributed by atoms with van der Waals surface area (Å²) >= 11 is 9.31. The summed E-state index contributed by atoms with van der Waals surface area (Å²) < 4.78 is 6.18. The highest BCUT2D eigenvalue weighted by Crippen LogP contribution is 2.42. The van der Waals surface area contributed by atoms with E-state index in [1.54, 1.807) is 12.1 Å². The Kier molecular flexibility index (Phi) is 4.10. The van der Waals surface area contributed by atoms with Crippen LogP contribution in [-0.4, -0.2) is 24.9 Å². The van der Waals surface area contributed by atoms with Gasteiger partial charge in [0.25, 0.3) is 0 Å². The first-order valence-corrected chi connectivity index (χ1v) is 6.67. The molecule has 0 amide bonds. The van der Waals surface area contributed by atoms with E-state index in [1.165, 1.54) is 0 Å².